The normalized spacial score (nSPS) is 12.4. The molecule has 1 heterocycles. The van der Waals surface area contributed by atoms with Crippen molar-refractivity contribution >= 4 is 22.5 Å². The molecule has 0 spiro atoms. The van der Waals surface area contributed by atoms with Gasteiger partial charge in [0.25, 0.3) is 0 Å². The Bertz CT molecular complexity index is 537. The van der Waals surface area contributed by atoms with Crippen LogP contribution in [0.3, 0.4) is 0 Å². The number of rotatable bonds is 3. The number of carbonyl (C=O) groups excluding carboxylic acids is 1. The molecule has 2 aromatic rings. The molecule has 4 nitrogen and oxygen atoms in total. The van der Waals surface area contributed by atoms with E-state index >= 15 is 0 Å². The molecule has 0 aliphatic heterocycles. The lowest BCUT2D eigenvalue weighted by atomic mass is 10.2. The maximum absolute atomic E-state index is 11.6. The minimum absolute atomic E-state index is 0.0664. The highest BCUT2D eigenvalue weighted by molar-refractivity contribution is 5.93. The van der Waals surface area contributed by atoms with Gasteiger partial charge in [-0.05, 0) is 31.2 Å². The molecular formula is C13H15N3O. The first-order valence-electron chi connectivity index (χ1n) is 5.55. The number of benzene rings is 1. The predicted molar refractivity (Wildman–Crippen MR) is 68.6 cm³/mol. The number of hydrogen-bond donors (Lipinski definition) is 2. The Morgan fingerprint density at radius 2 is 2.29 bits per heavy atom. The molecule has 1 unspecified atom stereocenters. The number of carbonyl (C=O) groups is 1. The quantitative estimate of drug-likeness (QED) is 0.844. The number of nitrogens with two attached hydrogens (primary N) is 1. The van der Waals surface area contributed by atoms with Crippen molar-refractivity contribution in [3.05, 3.63) is 36.5 Å². The molecule has 1 atom stereocenters. The van der Waals surface area contributed by atoms with Gasteiger partial charge in [0.2, 0.25) is 5.91 Å². The fraction of sp³-hybridized carbons (Fsp3) is 0.231. The molecule has 0 saturated heterocycles. The van der Waals surface area contributed by atoms with Crippen molar-refractivity contribution in [2.24, 2.45) is 5.73 Å². The van der Waals surface area contributed by atoms with E-state index in [1.54, 1.807) is 6.20 Å². The van der Waals surface area contributed by atoms with Crippen LogP contribution in [0.5, 0.6) is 0 Å². The second-order valence-electron chi connectivity index (χ2n) is 4.14. The first-order valence-corrected chi connectivity index (χ1v) is 5.55. The molecule has 17 heavy (non-hydrogen) atoms. The Kier molecular flexibility index (Phi) is 3.35. The second-order valence-corrected chi connectivity index (χ2v) is 4.14. The maximum Gasteiger partial charge on any atom is 0.225 e. The minimum Gasteiger partial charge on any atom is -0.327 e. The first kappa shape index (κ1) is 11.5. The van der Waals surface area contributed by atoms with Crippen molar-refractivity contribution in [3.63, 3.8) is 0 Å². The number of hydrogen-bond acceptors (Lipinski definition) is 3. The monoisotopic (exact) mass is 229 g/mol. The van der Waals surface area contributed by atoms with Gasteiger partial charge in [0.1, 0.15) is 0 Å². The van der Waals surface area contributed by atoms with Crippen LogP contribution in [0.4, 0.5) is 5.69 Å². The molecule has 88 valence electrons. The van der Waals surface area contributed by atoms with Crippen molar-refractivity contribution in [3.8, 4) is 0 Å². The molecule has 0 radical (unpaired) electrons. The average molecular weight is 229 g/mol. The van der Waals surface area contributed by atoms with Crippen LogP contribution in [0, 0.1) is 0 Å². The van der Waals surface area contributed by atoms with Gasteiger partial charge in [0.05, 0.1) is 5.52 Å². The lowest BCUT2D eigenvalue weighted by molar-refractivity contribution is -0.116. The first-order chi connectivity index (χ1) is 8.15. The highest BCUT2D eigenvalue weighted by Crippen LogP contribution is 2.17. The van der Waals surface area contributed by atoms with Crippen LogP contribution in [0.25, 0.3) is 10.9 Å². The molecule has 3 N–H and O–H groups in total. The van der Waals surface area contributed by atoms with Gasteiger partial charge in [-0.1, -0.05) is 6.07 Å². The van der Waals surface area contributed by atoms with Gasteiger partial charge in [0, 0.05) is 29.7 Å². The fourth-order valence-electron chi connectivity index (χ4n) is 1.66. The van der Waals surface area contributed by atoms with Gasteiger partial charge < -0.3 is 11.1 Å². The maximum atomic E-state index is 11.6. The van der Waals surface area contributed by atoms with Gasteiger partial charge in [0.15, 0.2) is 0 Å². The molecule has 1 aromatic carbocycles. The molecule has 0 saturated carbocycles. The number of nitrogens with one attached hydrogen (secondary N) is 1. The topological polar surface area (TPSA) is 68.0 Å². The fourth-order valence-corrected chi connectivity index (χ4v) is 1.66. The van der Waals surface area contributed by atoms with E-state index in [0.29, 0.717) is 6.42 Å². The number of amides is 1. The van der Waals surface area contributed by atoms with E-state index in [9.17, 15) is 4.79 Å². The number of nitrogens with zero attached hydrogens (tertiary/aromatic N) is 1. The lowest BCUT2D eigenvalue weighted by Gasteiger charge is -2.07. The summed E-state index contributed by atoms with van der Waals surface area (Å²) in [5, 5.41) is 3.82. The number of anilines is 1. The summed E-state index contributed by atoms with van der Waals surface area (Å²) in [5.74, 6) is -0.0664. The zero-order valence-corrected chi connectivity index (χ0v) is 9.68. The van der Waals surface area contributed by atoms with Crippen LogP contribution in [-0.2, 0) is 4.79 Å². The van der Waals surface area contributed by atoms with Crippen molar-refractivity contribution < 1.29 is 4.79 Å². The summed E-state index contributed by atoms with van der Waals surface area (Å²) in [4.78, 5) is 15.8. The molecule has 1 amide bonds. The Morgan fingerprint density at radius 1 is 1.47 bits per heavy atom. The van der Waals surface area contributed by atoms with E-state index in [2.05, 4.69) is 10.3 Å². The SMILES string of the molecule is CC(N)CC(=O)Nc1ccc2ncccc2c1. The second kappa shape index (κ2) is 4.93. The van der Waals surface area contributed by atoms with Crippen LogP contribution < -0.4 is 11.1 Å². The molecule has 0 aliphatic carbocycles. The van der Waals surface area contributed by atoms with Gasteiger partial charge in [-0.15, -0.1) is 0 Å². The Hall–Kier alpha value is -1.94. The van der Waals surface area contributed by atoms with Crippen molar-refractivity contribution in [1.82, 2.24) is 4.98 Å². The number of aromatic nitrogens is 1. The summed E-state index contributed by atoms with van der Waals surface area (Å²) in [7, 11) is 0. The zero-order chi connectivity index (χ0) is 12.3. The van der Waals surface area contributed by atoms with Gasteiger partial charge in [-0.25, -0.2) is 0 Å². The van der Waals surface area contributed by atoms with E-state index in [0.717, 1.165) is 16.6 Å². The standard InChI is InChI=1S/C13H15N3O/c1-9(14)7-13(17)16-11-4-5-12-10(8-11)3-2-6-15-12/h2-6,8-9H,7,14H2,1H3,(H,16,17). The summed E-state index contributed by atoms with van der Waals surface area (Å²) in [6.45, 7) is 1.81. The van der Waals surface area contributed by atoms with E-state index < -0.39 is 0 Å². The Labute approximate surface area is 99.8 Å². The van der Waals surface area contributed by atoms with Crippen LogP contribution in [0.2, 0.25) is 0 Å². The molecule has 4 heteroatoms. The van der Waals surface area contributed by atoms with Crippen LogP contribution in [0.15, 0.2) is 36.5 Å². The van der Waals surface area contributed by atoms with Crippen LogP contribution in [-0.4, -0.2) is 16.9 Å². The summed E-state index contributed by atoms with van der Waals surface area (Å²) >= 11 is 0. The highest BCUT2D eigenvalue weighted by atomic mass is 16.1. The largest absolute Gasteiger partial charge is 0.327 e. The average Bonchev–Trinajstić information content (AvgIpc) is 2.27. The van der Waals surface area contributed by atoms with Crippen molar-refractivity contribution in [2.45, 2.75) is 19.4 Å². The summed E-state index contributed by atoms with van der Waals surface area (Å²) in [5.41, 5.74) is 7.26. The molecule has 0 bridgehead atoms. The van der Waals surface area contributed by atoms with Gasteiger partial charge >= 0.3 is 0 Å². The van der Waals surface area contributed by atoms with Crippen LogP contribution in [0.1, 0.15) is 13.3 Å². The Balaban J connectivity index is 2.17. The van der Waals surface area contributed by atoms with E-state index in [1.165, 1.54) is 0 Å². The van der Waals surface area contributed by atoms with E-state index in [4.69, 9.17) is 5.73 Å². The third kappa shape index (κ3) is 3.01. The number of fused-ring (bicyclic) bond motifs is 1. The minimum atomic E-state index is -0.128. The highest BCUT2D eigenvalue weighted by Gasteiger charge is 2.05. The third-order valence-corrected chi connectivity index (χ3v) is 2.39. The molecule has 2 rings (SSSR count). The summed E-state index contributed by atoms with van der Waals surface area (Å²) in [6.07, 6.45) is 2.07. The summed E-state index contributed by atoms with van der Waals surface area (Å²) in [6, 6.07) is 9.34. The van der Waals surface area contributed by atoms with Crippen molar-refractivity contribution in [2.75, 3.05) is 5.32 Å². The molecule has 1 aromatic heterocycles. The lowest BCUT2D eigenvalue weighted by Crippen LogP contribution is -2.23. The number of pyridine rings is 1. The van der Waals surface area contributed by atoms with Gasteiger partial charge in [-0.3, -0.25) is 9.78 Å². The van der Waals surface area contributed by atoms with Crippen LogP contribution >= 0.6 is 0 Å². The Morgan fingerprint density at radius 3 is 3.06 bits per heavy atom. The van der Waals surface area contributed by atoms with E-state index in [-0.39, 0.29) is 11.9 Å². The van der Waals surface area contributed by atoms with E-state index in [1.807, 2.05) is 37.3 Å². The third-order valence-electron chi connectivity index (χ3n) is 2.39. The van der Waals surface area contributed by atoms with Gasteiger partial charge in [-0.2, -0.15) is 0 Å². The predicted octanol–water partition coefficient (Wildman–Crippen LogP) is 1.91. The summed E-state index contributed by atoms with van der Waals surface area (Å²) < 4.78 is 0. The molecular weight excluding hydrogens is 214 g/mol. The zero-order valence-electron chi connectivity index (χ0n) is 9.68. The smallest absolute Gasteiger partial charge is 0.225 e. The molecule has 0 fully saturated rings. The van der Waals surface area contributed by atoms with Crippen molar-refractivity contribution in [1.29, 1.82) is 0 Å². The molecule has 0 aliphatic rings.